The number of carbonyl (C=O) groups excluding carboxylic acids is 1. The lowest BCUT2D eigenvalue weighted by Crippen LogP contribution is -2.36. The molecular weight excluding hydrogens is 445 g/mol. The molecule has 1 aromatic carbocycles. The van der Waals surface area contributed by atoms with Gasteiger partial charge in [0.2, 0.25) is 5.95 Å². The molecule has 0 saturated heterocycles. The van der Waals surface area contributed by atoms with Crippen molar-refractivity contribution in [3.63, 3.8) is 0 Å². The van der Waals surface area contributed by atoms with Gasteiger partial charge in [0.25, 0.3) is 0 Å². The van der Waals surface area contributed by atoms with Gasteiger partial charge >= 0.3 is 12.2 Å². The first-order valence-corrected chi connectivity index (χ1v) is 10.1. The van der Waals surface area contributed by atoms with Crippen LogP contribution in [0.15, 0.2) is 48.8 Å². The summed E-state index contributed by atoms with van der Waals surface area (Å²) in [4.78, 5) is 23.3. The molecule has 0 aliphatic heterocycles. The fourth-order valence-electron chi connectivity index (χ4n) is 2.82. The Hall–Kier alpha value is -3.40. The van der Waals surface area contributed by atoms with Gasteiger partial charge in [-0.25, -0.2) is 14.8 Å². The van der Waals surface area contributed by atoms with Crippen LogP contribution < -0.4 is 16.0 Å². The molecule has 3 N–H and O–H groups in total. The zero-order valence-electron chi connectivity index (χ0n) is 17.0. The van der Waals surface area contributed by atoms with Gasteiger partial charge in [-0.3, -0.25) is 4.98 Å². The number of urea groups is 1. The number of nitrogens with zero attached hydrogens (tertiary/aromatic N) is 3. The second-order valence-electron chi connectivity index (χ2n) is 6.81. The van der Waals surface area contributed by atoms with Crippen molar-refractivity contribution in [2.75, 3.05) is 17.7 Å². The van der Waals surface area contributed by atoms with Crippen LogP contribution in [0, 0.1) is 6.92 Å². The number of aryl methyl sites for hydroxylation is 1. The molecule has 2 heterocycles. The van der Waals surface area contributed by atoms with Crippen molar-refractivity contribution in [2.24, 2.45) is 0 Å². The second kappa shape index (κ2) is 10.3. The number of rotatable bonds is 7. The molecule has 0 aliphatic carbocycles. The summed E-state index contributed by atoms with van der Waals surface area (Å²) >= 11 is 5.52. The quantitative estimate of drug-likeness (QED) is 0.443. The third-order valence-electron chi connectivity index (χ3n) is 4.25. The number of hydrogen-bond donors (Lipinski definition) is 3. The van der Waals surface area contributed by atoms with Crippen molar-refractivity contribution in [3.8, 4) is 11.1 Å². The van der Waals surface area contributed by atoms with Crippen LogP contribution >= 0.6 is 11.6 Å². The number of aromatic nitrogens is 3. The molecule has 2 amide bonds. The van der Waals surface area contributed by atoms with Gasteiger partial charge < -0.3 is 16.0 Å². The van der Waals surface area contributed by atoms with E-state index in [1.165, 1.54) is 0 Å². The van der Waals surface area contributed by atoms with Crippen LogP contribution in [0.3, 0.4) is 0 Å². The van der Waals surface area contributed by atoms with Gasteiger partial charge in [0.15, 0.2) is 0 Å². The molecule has 0 spiro atoms. The van der Waals surface area contributed by atoms with Gasteiger partial charge in [-0.2, -0.15) is 13.2 Å². The lowest BCUT2D eigenvalue weighted by molar-refractivity contribution is -0.141. The maximum absolute atomic E-state index is 12.9. The molecule has 0 fully saturated rings. The molecule has 7 nitrogen and oxygen atoms in total. The van der Waals surface area contributed by atoms with Gasteiger partial charge in [0, 0.05) is 36.1 Å². The Balaban J connectivity index is 1.72. The fraction of sp³-hybridized carbons (Fsp3) is 0.238. The second-order valence-corrected chi connectivity index (χ2v) is 7.19. The molecule has 0 bridgehead atoms. The summed E-state index contributed by atoms with van der Waals surface area (Å²) in [5.74, 6) is 0.177. The lowest BCUT2D eigenvalue weighted by Gasteiger charge is -2.11. The van der Waals surface area contributed by atoms with Crippen LogP contribution in [0.5, 0.6) is 0 Å². The van der Waals surface area contributed by atoms with E-state index in [-0.39, 0.29) is 18.5 Å². The van der Waals surface area contributed by atoms with Crippen LogP contribution in [0.1, 0.15) is 17.0 Å². The zero-order chi connectivity index (χ0) is 23.1. The van der Waals surface area contributed by atoms with Crippen molar-refractivity contribution >= 4 is 29.3 Å². The Kier molecular flexibility index (Phi) is 7.47. The first kappa shape index (κ1) is 23.3. The van der Waals surface area contributed by atoms with Gasteiger partial charge in [-0.15, -0.1) is 11.6 Å². The Morgan fingerprint density at radius 1 is 1.06 bits per heavy atom. The number of pyridine rings is 1. The van der Waals surface area contributed by atoms with E-state index in [4.69, 9.17) is 11.6 Å². The fourth-order valence-corrected chi connectivity index (χ4v) is 2.92. The first-order valence-electron chi connectivity index (χ1n) is 9.56. The molecule has 3 rings (SSSR count). The molecule has 2 aromatic heterocycles. The largest absolute Gasteiger partial charge is 0.433 e. The average Bonchev–Trinajstić information content (AvgIpc) is 2.76. The first-order chi connectivity index (χ1) is 15.2. The van der Waals surface area contributed by atoms with E-state index in [1.807, 2.05) is 19.1 Å². The molecule has 11 heteroatoms. The van der Waals surface area contributed by atoms with E-state index in [1.54, 1.807) is 24.4 Å². The molecule has 32 heavy (non-hydrogen) atoms. The Morgan fingerprint density at radius 3 is 2.56 bits per heavy atom. The number of amides is 2. The van der Waals surface area contributed by atoms with Crippen molar-refractivity contribution < 1.29 is 18.0 Å². The summed E-state index contributed by atoms with van der Waals surface area (Å²) in [7, 11) is 0. The van der Waals surface area contributed by atoms with Gasteiger partial charge in [-0.1, -0.05) is 12.1 Å². The molecule has 168 valence electrons. The zero-order valence-corrected chi connectivity index (χ0v) is 17.8. The highest BCUT2D eigenvalue weighted by Crippen LogP contribution is 2.29. The minimum absolute atomic E-state index is 0.150. The molecule has 0 unspecified atom stereocenters. The minimum Gasteiger partial charge on any atom is -0.337 e. The van der Waals surface area contributed by atoms with Crippen LogP contribution in [0.2, 0.25) is 0 Å². The summed E-state index contributed by atoms with van der Waals surface area (Å²) in [6, 6.07) is 9.58. The number of nitrogens with one attached hydrogen (secondary N) is 3. The molecule has 0 radical (unpaired) electrons. The van der Waals surface area contributed by atoms with Crippen molar-refractivity contribution in [1.82, 2.24) is 25.6 Å². The van der Waals surface area contributed by atoms with Gasteiger partial charge in [0.05, 0.1) is 12.2 Å². The summed E-state index contributed by atoms with van der Waals surface area (Å²) in [6.07, 6.45) is -1.83. The maximum Gasteiger partial charge on any atom is 0.433 e. The van der Waals surface area contributed by atoms with Crippen molar-refractivity contribution in [1.29, 1.82) is 0 Å². The SMILES string of the molecule is Cc1cc(Nc2nccc(C(F)(F)F)n2)cc(-c2ccc(CNC(=O)NCCCl)nc2)c1. The average molecular weight is 465 g/mol. The van der Waals surface area contributed by atoms with E-state index in [9.17, 15) is 18.0 Å². The number of carbonyl (C=O) groups is 1. The lowest BCUT2D eigenvalue weighted by atomic mass is 10.0. The third-order valence-corrected chi connectivity index (χ3v) is 4.44. The normalized spacial score (nSPS) is 11.2. The summed E-state index contributed by atoms with van der Waals surface area (Å²) in [5, 5.41) is 8.09. The van der Waals surface area contributed by atoms with Crippen molar-refractivity contribution in [2.45, 2.75) is 19.6 Å². The van der Waals surface area contributed by atoms with Crippen LogP contribution in [-0.4, -0.2) is 33.4 Å². The maximum atomic E-state index is 12.9. The van der Waals surface area contributed by atoms with E-state index < -0.39 is 11.9 Å². The van der Waals surface area contributed by atoms with Crippen LogP contribution in [0.25, 0.3) is 11.1 Å². The molecule has 0 saturated carbocycles. The number of alkyl halides is 4. The highest BCUT2D eigenvalue weighted by atomic mass is 35.5. The number of hydrogen-bond acceptors (Lipinski definition) is 5. The van der Waals surface area contributed by atoms with E-state index in [0.717, 1.165) is 29.0 Å². The van der Waals surface area contributed by atoms with Crippen molar-refractivity contribution in [3.05, 3.63) is 65.7 Å². The third kappa shape index (κ3) is 6.55. The Morgan fingerprint density at radius 2 is 1.88 bits per heavy atom. The Labute approximate surface area is 187 Å². The van der Waals surface area contributed by atoms with E-state index >= 15 is 0 Å². The van der Waals surface area contributed by atoms with E-state index in [2.05, 4.69) is 30.9 Å². The van der Waals surface area contributed by atoms with Crippen LogP contribution in [-0.2, 0) is 12.7 Å². The highest BCUT2D eigenvalue weighted by molar-refractivity contribution is 6.18. The molecular formula is C21H20ClF3N6O. The number of anilines is 2. The highest BCUT2D eigenvalue weighted by Gasteiger charge is 2.32. The predicted molar refractivity (Wildman–Crippen MR) is 116 cm³/mol. The predicted octanol–water partition coefficient (Wildman–Crippen LogP) is 4.65. The minimum atomic E-state index is -4.55. The summed E-state index contributed by atoms with van der Waals surface area (Å²) in [5.41, 5.74) is 2.69. The summed E-state index contributed by atoms with van der Waals surface area (Å²) < 4.78 is 38.7. The standard InChI is InChI=1S/C21H20ClF3N6O/c1-13-8-15(14-2-3-16(28-11-14)12-29-20(32)27-7-5-22)10-17(9-13)30-19-26-6-4-18(31-19)21(23,24)25/h2-4,6,8-11H,5,7,12H2,1H3,(H,26,30,31)(H2,27,29,32). The van der Waals surface area contributed by atoms with Gasteiger partial charge in [-0.05, 0) is 42.3 Å². The number of benzene rings is 1. The Bertz CT molecular complexity index is 1080. The molecule has 0 atom stereocenters. The number of halogens is 4. The molecule has 0 aliphatic rings. The summed E-state index contributed by atoms with van der Waals surface area (Å²) in [6.45, 7) is 2.49. The van der Waals surface area contributed by atoms with Gasteiger partial charge in [0.1, 0.15) is 5.69 Å². The topological polar surface area (TPSA) is 91.8 Å². The smallest absolute Gasteiger partial charge is 0.337 e. The monoisotopic (exact) mass is 464 g/mol. The molecule has 3 aromatic rings. The van der Waals surface area contributed by atoms with Crippen LogP contribution in [0.4, 0.5) is 29.6 Å². The van der Waals surface area contributed by atoms with E-state index in [0.29, 0.717) is 23.8 Å².